The van der Waals surface area contributed by atoms with Crippen molar-refractivity contribution in [1.29, 1.82) is 0 Å². The minimum absolute atomic E-state index is 0.171. The fourth-order valence-electron chi connectivity index (χ4n) is 1.87. The van der Waals surface area contributed by atoms with Gasteiger partial charge in [0.05, 0.1) is 5.56 Å². The average Bonchev–Trinajstić information content (AvgIpc) is 2.27. The molecule has 0 aliphatic carbocycles. The second-order valence-corrected chi connectivity index (χ2v) is 6.02. The fraction of sp³-hybridized carbons (Fsp3) is 0.600. The third kappa shape index (κ3) is 4.54. The summed E-state index contributed by atoms with van der Waals surface area (Å²) < 4.78 is 0. The van der Waals surface area contributed by atoms with Gasteiger partial charge in [0, 0.05) is 17.2 Å². The molecule has 0 aliphatic rings. The van der Waals surface area contributed by atoms with Crippen molar-refractivity contribution in [2.75, 3.05) is 5.32 Å². The van der Waals surface area contributed by atoms with E-state index in [1.54, 1.807) is 12.1 Å². The van der Waals surface area contributed by atoms with Gasteiger partial charge in [0.15, 0.2) is 0 Å². The van der Waals surface area contributed by atoms with Gasteiger partial charge in [-0.05, 0) is 25.5 Å². The second kappa shape index (κ2) is 6.04. The summed E-state index contributed by atoms with van der Waals surface area (Å²) >= 11 is 0. The third-order valence-corrected chi connectivity index (χ3v) is 2.96. The lowest BCUT2D eigenvalue weighted by Gasteiger charge is -2.21. The predicted octanol–water partition coefficient (Wildman–Crippen LogP) is 3.68. The number of carboxylic acid groups (broad SMARTS) is 1. The number of nitrogens with one attached hydrogen (secondary N) is 1. The zero-order chi connectivity index (χ0) is 14.6. The van der Waals surface area contributed by atoms with Gasteiger partial charge in [-0.25, -0.2) is 9.78 Å². The highest BCUT2D eigenvalue weighted by Gasteiger charge is 2.19. The molecule has 0 amide bonds. The maximum Gasteiger partial charge on any atom is 0.335 e. The minimum atomic E-state index is -0.918. The summed E-state index contributed by atoms with van der Waals surface area (Å²) in [5.41, 5.74) is 0.903. The number of pyridine rings is 1. The van der Waals surface area contributed by atoms with Crippen LogP contribution in [0.1, 0.15) is 63.5 Å². The first-order chi connectivity index (χ1) is 8.74. The summed E-state index contributed by atoms with van der Waals surface area (Å²) in [7, 11) is 0. The maximum absolute atomic E-state index is 11.2. The van der Waals surface area contributed by atoms with Gasteiger partial charge in [-0.1, -0.05) is 34.1 Å². The average molecular weight is 264 g/mol. The summed E-state index contributed by atoms with van der Waals surface area (Å²) in [5.74, 6) is -0.273. The Balaban J connectivity index is 3.10. The molecule has 0 saturated carbocycles. The van der Waals surface area contributed by atoms with E-state index < -0.39 is 5.97 Å². The molecule has 1 heterocycles. The number of nitrogens with zero attached hydrogens (tertiary/aromatic N) is 1. The monoisotopic (exact) mass is 264 g/mol. The summed E-state index contributed by atoms with van der Waals surface area (Å²) in [5, 5.41) is 12.5. The molecule has 1 atom stereocenters. The van der Waals surface area contributed by atoms with E-state index in [1.165, 1.54) is 0 Å². The van der Waals surface area contributed by atoms with Crippen LogP contribution in [-0.2, 0) is 5.41 Å². The Morgan fingerprint density at radius 3 is 2.53 bits per heavy atom. The molecular weight excluding hydrogens is 240 g/mol. The molecule has 0 spiro atoms. The van der Waals surface area contributed by atoms with Crippen molar-refractivity contribution < 1.29 is 9.90 Å². The third-order valence-electron chi connectivity index (χ3n) is 2.96. The summed E-state index contributed by atoms with van der Waals surface area (Å²) in [4.78, 5) is 15.7. The second-order valence-electron chi connectivity index (χ2n) is 6.02. The Morgan fingerprint density at radius 1 is 1.42 bits per heavy atom. The van der Waals surface area contributed by atoms with Crippen LogP contribution in [0.25, 0.3) is 0 Å². The predicted molar refractivity (Wildman–Crippen MR) is 77.9 cm³/mol. The first-order valence-corrected chi connectivity index (χ1v) is 6.76. The van der Waals surface area contributed by atoms with Gasteiger partial charge in [-0.15, -0.1) is 0 Å². The largest absolute Gasteiger partial charge is 0.478 e. The van der Waals surface area contributed by atoms with Crippen molar-refractivity contribution in [2.24, 2.45) is 0 Å². The molecule has 106 valence electrons. The van der Waals surface area contributed by atoms with Crippen LogP contribution in [0.15, 0.2) is 12.1 Å². The molecule has 2 N–H and O–H groups in total. The Hall–Kier alpha value is -1.58. The van der Waals surface area contributed by atoms with Gasteiger partial charge in [-0.2, -0.15) is 0 Å². The minimum Gasteiger partial charge on any atom is -0.478 e. The molecule has 0 radical (unpaired) electrons. The maximum atomic E-state index is 11.2. The highest BCUT2D eigenvalue weighted by Crippen LogP contribution is 2.24. The van der Waals surface area contributed by atoms with Crippen LogP contribution >= 0.6 is 0 Å². The number of hydrogen-bond donors (Lipinski definition) is 2. The SMILES string of the molecule is CCCC(C)Nc1cc(C(=O)O)cc(C(C)(C)C)n1. The summed E-state index contributed by atoms with van der Waals surface area (Å²) in [6, 6.07) is 3.54. The molecular formula is C15H24N2O2. The fourth-order valence-corrected chi connectivity index (χ4v) is 1.87. The number of carboxylic acids is 1. The van der Waals surface area contributed by atoms with Crippen molar-refractivity contribution in [3.8, 4) is 0 Å². The molecule has 0 fully saturated rings. The lowest BCUT2D eigenvalue weighted by Crippen LogP contribution is -2.20. The van der Waals surface area contributed by atoms with E-state index in [2.05, 4.69) is 24.1 Å². The normalized spacial score (nSPS) is 13.1. The molecule has 1 rings (SSSR count). The number of anilines is 1. The van der Waals surface area contributed by atoms with Gasteiger partial charge < -0.3 is 10.4 Å². The van der Waals surface area contributed by atoms with Gasteiger partial charge >= 0.3 is 5.97 Å². The number of aromatic carboxylic acids is 1. The van der Waals surface area contributed by atoms with Crippen molar-refractivity contribution in [2.45, 2.75) is 58.9 Å². The standard InChI is InChI=1S/C15H24N2O2/c1-6-7-10(2)16-13-9-11(14(18)19)8-12(17-13)15(3,4)5/h8-10H,6-7H2,1-5H3,(H,16,17)(H,18,19). The molecule has 1 aromatic heterocycles. The van der Waals surface area contributed by atoms with Gasteiger partial charge in [0.1, 0.15) is 5.82 Å². The Labute approximate surface area is 115 Å². The molecule has 0 aliphatic heterocycles. The lowest BCUT2D eigenvalue weighted by atomic mass is 9.90. The van der Waals surface area contributed by atoms with Crippen LogP contribution < -0.4 is 5.32 Å². The molecule has 4 heteroatoms. The van der Waals surface area contributed by atoms with Crippen LogP contribution in [0.5, 0.6) is 0 Å². The first kappa shape index (κ1) is 15.5. The van der Waals surface area contributed by atoms with Gasteiger partial charge in [0.25, 0.3) is 0 Å². The topological polar surface area (TPSA) is 62.2 Å². The van der Waals surface area contributed by atoms with E-state index in [-0.39, 0.29) is 17.0 Å². The van der Waals surface area contributed by atoms with E-state index in [0.717, 1.165) is 18.5 Å². The Kier molecular flexibility index (Phi) is 4.92. The van der Waals surface area contributed by atoms with E-state index in [1.807, 2.05) is 20.8 Å². The summed E-state index contributed by atoms with van der Waals surface area (Å²) in [6.07, 6.45) is 2.11. The highest BCUT2D eigenvalue weighted by molar-refractivity contribution is 5.88. The van der Waals surface area contributed by atoms with Crippen LogP contribution in [0.4, 0.5) is 5.82 Å². The molecule has 4 nitrogen and oxygen atoms in total. The number of rotatable bonds is 5. The number of carbonyl (C=O) groups is 1. The van der Waals surface area contributed by atoms with E-state index in [9.17, 15) is 9.90 Å². The molecule has 1 aromatic rings. The number of aromatic nitrogens is 1. The summed E-state index contributed by atoms with van der Waals surface area (Å²) in [6.45, 7) is 10.3. The quantitative estimate of drug-likeness (QED) is 0.851. The molecule has 0 saturated heterocycles. The van der Waals surface area contributed by atoms with Crippen molar-refractivity contribution >= 4 is 11.8 Å². The van der Waals surface area contributed by atoms with Crippen LogP contribution in [-0.4, -0.2) is 22.1 Å². The first-order valence-electron chi connectivity index (χ1n) is 6.76. The van der Waals surface area contributed by atoms with E-state index in [4.69, 9.17) is 0 Å². The Morgan fingerprint density at radius 2 is 2.05 bits per heavy atom. The van der Waals surface area contributed by atoms with Crippen molar-refractivity contribution in [1.82, 2.24) is 4.98 Å². The van der Waals surface area contributed by atoms with E-state index >= 15 is 0 Å². The Bertz CT molecular complexity index is 450. The molecule has 0 aromatic carbocycles. The smallest absolute Gasteiger partial charge is 0.335 e. The zero-order valence-electron chi connectivity index (χ0n) is 12.4. The molecule has 19 heavy (non-hydrogen) atoms. The van der Waals surface area contributed by atoms with Crippen molar-refractivity contribution in [3.05, 3.63) is 23.4 Å². The van der Waals surface area contributed by atoms with Crippen LogP contribution in [0.3, 0.4) is 0 Å². The molecule has 1 unspecified atom stereocenters. The van der Waals surface area contributed by atoms with Crippen LogP contribution in [0, 0.1) is 0 Å². The zero-order valence-corrected chi connectivity index (χ0v) is 12.4. The van der Waals surface area contributed by atoms with Gasteiger partial charge in [-0.3, -0.25) is 0 Å². The number of hydrogen-bond acceptors (Lipinski definition) is 3. The van der Waals surface area contributed by atoms with Crippen LogP contribution in [0.2, 0.25) is 0 Å². The molecule has 0 bridgehead atoms. The van der Waals surface area contributed by atoms with E-state index in [0.29, 0.717) is 5.82 Å². The van der Waals surface area contributed by atoms with Gasteiger partial charge in [0.2, 0.25) is 0 Å². The van der Waals surface area contributed by atoms with Crippen molar-refractivity contribution in [3.63, 3.8) is 0 Å². The highest BCUT2D eigenvalue weighted by atomic mass is 16.4. The lowest BCUT2D eigenvalue weighted by molar-refractivity contribution is 0.0696.